The number of nitrogens with one attached hydrogen (secondary N) is 1. The molecule has 37 heavy (non-hydrogen) atoms. The second kappa shape index (κ2) is 9.99. The molecular formula is C29H28N4O4. The standard InChI is InChI=1S/C29H28N4O4/c1-19(31-16-6-7-17-31)21-10-12-23(13-11-21)30-28(22-8-4-3-5-9-22)27-25-15-14-24(33(36)37)18-26(25)32(20(2)34)29(27)35/h3-5,8-15,18-19,30H,6-7,16-17H2,1-2H3/b28-27-/t19-/m0/s1. The molecule has 2 aliphatic rings. The molecule has 0 unspecified atom stereocenters. The molecule has 5 rings (SSSR count). The van der Waals surface area contributed by atoms with Crippen molar-refractivity contribution in [3.8, 4) is 0 Å². The number of benzene rings is 3. The van der Waals surface area contributed by atoms with Crippen molar-refractivity contribution in [1.82, 2.24) is 4.90 Å². The lowest BCUT2D eigenvalue weighted by Gasteiger charge is -2.24. The summed E-state index contributed by atoms with van der Waals surface area (Å²) in [6.07, 6.45) is 2.46. The second-order valence-corrected chi connectivity index (χ2v) is 9.40. The van der Waals surface area contributed by atoms with Gasteiger partial charge in [0.15, 0.2) is 0 Å². The van der Waals surface area contributed by atoms with Gasteiger partial charge in [-0.05, 0) is 62.2 Å². The van der Waals surface area contributed by atoms with Gasteiger partial charge in [-0.15, -0.1) is 0 Å². The summed E-state index contributed by atoms with van der Waals surface area (Å²) >= 11 is 0. The predicted octanol–water partition coefficient (Wildman–Crippen LogP) is 5.63. The molecule has 2 aliphatic heterocycles. The van der Waals surface area contributed by atoms with Gasteiger partial charge in [0, 0.05) is 36.3 Å². The minimum Gasteiger partial charge on any atom is -0.354 e. The second-order valence-electron chi connectivity index (χ2n) is 9.40. The van der Waals surface area contributed by atoms with Crippen LogP contribution in [0.3, 0.4) is 0 Å². The first-order valence-electron chi connectivity index (χ1n) is 12.4. The first kappa shape index (κ1) is 24.4. The van der Waals surface area contributed by atoms with E-state index in [9.17, 15) is 19.7 Å². The normalized spacial score (nSPS) is 17.5. The minimum atomic E-state index is -0.536. The Morgan fingerprint density at radius 2 is 1.68 bits per heavy atom. The van der Waals surface area contributed by atoms with Crippen LogP contribution in [-0.4, -0.2) is 34.7 Å². The Hall–Kier alpha value is -4.30. The van der Waals surface area contributed by atoms with E-state index < -0.39 is 16.7 Å². The number of nitrogens with zero attached hydrogens (tertiary/aromatic N) is 3. The van der Waals surface area contributed by atoms with E-state index in [1.54, 1.807) is 0 Å². The topological polar surface area (TPSA) is 95.8 Å². The molecule has 1 saturated heterocycles. The third-order valence-corrected chi connectivity index (χ3v) is 7.10. The van der Waals surface area contributed by atoms with Crippen molar-refractivity contribution >= 4 is 40.1 Å². The molecule has 0 spiro atoms. The van der Waals surface area contributed by atoms with Crippen molar-refractivity contribution in [3.63, 3.8) is 0 Å². The largest absolute Gasteiger partial charge is 0.354 e. The molecule has 8 heteroatoms. The molecule has 2 heterocycles. The number of hydrogen-bond acceptors (Lipinski definition) is 6. The lowest BCUT2D eigenvalue weighted by Crippen LogP contribution is -2.31. The minimum absolute atomic E-state index is 0.184. The molecule has 0 aliphatic carbocycles. The number of imide groups is 1. The van der Waals surface area contributed by atoms with Crippen LogP contribution in [0.2, 0.25) is 0 Å². The molecule has 0 radical (unpaired) electrons. The maximum atomic E-state index is 13.6. The van der Waals surface area contributed by atoms with Gasteiger partial charge >= 0.3 is 0 Å². The van der Waals surface area contributed by atoms with Crippen molar-refractivity contribution in [3.05, 3.63) is 99.6 Å². The van der Waals surface area contributed by atoms with Gasteiger partial charge in [0.05, 0.1) is 21.9 Å². The molecule has 188 valence electrons. The number of nitro benzene ring substituents is 1. The fourth-order valence-electron chi connectivity index (χ4n) is 5.13. The first-order valence-corrected chi connectivity index (χ1v) is 12.4. The number of nitro groups is 1. The van der Waals surface area contributed by atoms with Crippen molar-refractivity contribution in [2.45, 2.75) is 32.7 Å². The number of carbonyl (C=O) groups excluding carboxylic acids is 2. The molecule has 3 aromatic rings. The highest BCUT2D eigenvalue weighted by Crippen LogP contribution is 2.43. The smallest absolute Gasteiger partial charge is 0.271 e. The van der Waals surface area contributed by atoms with Gasteiger partial charge in [0.2, 0.25) is 5.91 Å². The summed E-state index contributed by atoms with van der Waals surface area (Å²) < 4.78 is 0. The van der Waals surface area contributed by atoms with E-state index in [0.29, 0.717) is 22.9 Å². The molecule has 8 nitrogen and oxygen atoms in total. The Kier molecular flexibility index (Phi) is 6.58. The summed E-state index contributed by atoms with van der Waals surface area (Å²) in [6.45, 7) is 5.71. The van der Waals surface area contributed by atoms with Gasteiger partial charge in [0.25, 0.3) is 11.6 Å². The highest BCUT2D eigenvalue weighted by molar-refractivity contribution is 6.43. The van der Waals surface area contributed by atoms with Crippen LogP contribution in [0, 0.1) is 10.1 Å². The van der Waals surface area contributed by atoms with Crippen LogP contribution in [0.1, 0.15) is 49.4 Å². The van der Waals surface area contributed by atoms with E-state index >= 15 is 0 Å². The molecule has 0 saturated carbocycles. The van der Waals surface area contributed by atoms with Crippen LogP contribution >= 0.6 is 0 Å². The number of likely N-dealkylation sites (tertiary alicyclic amines) is 1. The van der Waals surface area contributed by atoms with E-state index in [0.717, 1.165) is 29.2 Å². The van der Waals surface area contributed by atoms with Gasteiger partial charge < -0.3 is 5.32 Å². The van der Waals surface area contributed by atoms with E-state index in [1.165, 1.54) is 43.5 Å². The molecule has 1 atom stereocenters. The van der Waals surface area contributed by atoms with Gasteiger partial charge in [-0.2, -0.15) is 0 Å². The van der Waals surface area contributed by atoms with E-state index in [2.05, 4.69) is 29.3 Å². The predicted molar refractivity (Wildman–Crippen MR) is 144 cm³/mol. The van der Waals surface area contributed by atoms with Crippen LogP contribution in [0.25, 0.3) is 11.3 Å². The van der Waals surface area contributed by atoms with Crippen molar-refractivity contribution in [2.24, 2.45) is 0 Å². The Balaban J connectivity index is 1.59. The third kappa shape index (κ3) is 4.63. The number of rotatable bonds is 6. The quantitative estimate of drug-likeness (QED) is 0.270. The van der Waals surface area contributed by atoms with Crippen LogP contribution in [0.4, 0.5) is 17.1 Å². The van der Waals surface area contributed by atoms with Gasteiger partial charge in [-0.25, -0.2) is 4.90 Å². The Bertz CT molecular complexity index is 1390. The fraction of sp³-hybridized carbons (Fsp3) is 0.241. The first-order chi connectivity index (χ1) is 17.8. The number of anilines is 2. The summed E-state index contributed by atoms with van der Waals surface area (Å²) in [5.41, 5.74) is 4.10. The lowest BCUT2D eigenvalue weighted by atomic mass is 9.99. The molecule has 0 bridgehead atoms. The fourth-order valence-corrected chi connectivity index (χ4v) is 5.13. The maximum Gasteiger partial charge on any atom is 0.271 e. The Morgan fingerprint density at radius 1 is 1.00 bits per heavy atom. The number of non-ortho nitro benzene ring substituents is 1. The highest BCUT2D eigenvalue weighted by Gasteiger charge is 2.38. The van der Waals surface area contributed by atoms with Crippen molar-refractivity contribution in [1.29, 1.82) is 0 Å². The Morgan fingerprint density at radius 3 is 2.30 bits per heavy atom. The molecule has 0 aromatic heterocycles. The summed E-state index contributed by atoms with van der Waals surface area (Å²) in [6, 6.07) is 22.1. The number of amides is 2. The molecule has 2 amide bonds. The summed E-state index contributed by atoms with van der Waals surface area (Å²) in [7, 11) is 0. The molecular weight excluding hydrogens is 468 g/mol. The zero-order valence-electron chi connectivity index (χ0n) is 20.8. The average molecular weight is 497 g/mol. The third-order valence-electron chi connectivity index (χ3n) is 7.10. The number of carbonyl (C=O) groups is 2. The van der Waals surface area contributed by atoms with Crippen LogP contribution < -0.4 is 10.2 Å². The van der Waals surface area contributed by atoms with Gasteiger partial charge in [0.1, 0.15) is 0 Å². The maximum absolute atomic E-state index is 13.6. The monoisotopic (exact) mass is 496 g/mol. The lowest BCUT2D eigenvalue weighted by molar-refractivity contribution is -0.384. The summed E-state index contributed by atoms with van der Waals surface area (Å²) in [4.78, 5) is 40.4. The van der Waals surface area contributed by atoms with E-state index in [-0.39, 0.29) is 11.4 Å². The van der Waals surface area contributed by atoms with Gasteiger partial charge in [-0.3, -0.25) is 24.6 Å². The average Bonchev–Trinajstić information content (AvgIpc) is 3.53. The highest BCUT2D eigenvalue weighted by atomic mass is 16.6. The molecule has 3 aromatic carbocycles. The van der Waals surface area contributed by atoms with E-state index in [1.807, 2.05) is 42.5 Å². The van der Waals surface area contributed by atoms with Gasteiger partial charge in [-0.1, -0.05) is 42.5 Å². The molecule has 1 fully saturated rings. The summed E-state index contributed by atoms with van der Waals surface area (Å²) in [5.74, 6) is -1.02. The zero-order chi connectivity index (χ0) is 26.1. The number of hydrogen-bond donors (Lipinski definition) is 1. The SMILES string of the molecule is CC(=O)N1C(=O)/C(=C(\Nc2ccc([C@H](C)N3CCCC3)cc2)c2ccccc2)c2ccc([N+](=O)[O-])cc21. The van der Waals surface area contributed by atoms with Crippen molar-refractivity contribution in [2.75, 3.05) is 23.3 Å². The van der Waals surface area contributed by atoms with Crippen LogP contribution in [0.15, 0.2) is 72.8 Å². The number of fused-ring (bicyclic) bond motifs is 1. The van der Waals surface area contributed by atoms with E-state index in [4.69, 9.17) is 0 Å². The van der Waals surface area contributed by atoms with Crippen LogP contribution in [-0.2, 0) is 9.59 Å². The zero-order valence-corrected chi connectivity index (χ0v) is 20.8. The Labute approximate surface area is 215 Å². The summed E-state index contributed by atoms with van der Waals surface area (Å²) in [5, 5.41) is 14.8. The van der Waals surface area contributed by atoms with Crippen molar-refractivity contribution < 1.29 is 14.5 Å². The van der Waals surface area contributed by atoms with Crippen LogP contribution in [0.5, 0.6) is 0 Å². The molecule has 1 N–H and O–H groups in total.